The van der Waals surface area contributed by atoms with Crippen LogP contribution < -0.4 is 0 Å². The number of carbonyl (C=O) groups is 1. The number of fused-ring (bicyclic) bond motifs is 1. The molecule has 0 aliphatic carbocycles. The number of halogens is 3. The zero-order valence-electron chi connectivity index (χ0n) is 8.93. The number of H-pyrrole nitrogens is 1. The molecular formula is C11H9F3N2O. The molecule has 1 aromatic carbocycles. The molecule has 0 spiro atoms. The summed E-state index contributed by atoms with van der Waals surface area (Å²) in [6.07, 6.45) is -4.20. The van der Waals surface area contributed by atoms with Crippen molar-refractivity contribution in [2.24, 2.45) is 0 Å². The molecule has 0 radical (unpaired) electrons. The SMILES string of the molecule is CCc1nc2ccc(C(=O)C(F)(F)F)cc2[nH]1. The number of Topliss-reactive ketones (excluding diaryl/α,β-unsaturated/α-hetero) is 1. The summed E-state index contributed by atoms with van der Waals surface area (Å²) in [4.78, 5) is 18.0. The van der Waals surface area contributed by atoms with E-state index in [0.717, 1.165) is 6.07 Å². The van der Waals surface area contributed by atoms with Gasteiger partial charge in [-0.1, -0.05) is 6.92 Å². The Morgan fingerprint density at radius 2 is 2.12 bits per heavy atom. The standard InChI is InChI=1S/C11H9F3N2O/c1-2-9-15-7-4-3-6(5-8(7)16-9)10(17)11(12,13)14/h3-5H,2H2,1H3,(H,15,16). The molecular weight excluding hydrogens is 233 g/mol. The first-order chi connectivity index (χ1) is 7.91. The molecule has 0 bridgehead atoms. The largest absolute Gasteiger partial charge is 0.454 e. The number of benzene rings is 1. The van der Waals surface area contributed by atoms with Crippen molar-refractivity contribution in [1.29, 1.82) is 0 Å². The number of hydrogen-bond acceptors (Lipinski definition) is 2. The van der Waals surface area contributed by atoms with Crippen LogP contribution in [0.5, 0.6) is 0 Å². The summed E-state index contributed by atoms with van der Waals surface area (Å²) in [5.74, 6) is -1.16. The Kier molecular flexibility index (Phi) is 2.65. The zero-order valence-corrected chi connectivity index (χ0v) is 8.93. The molecule has 1 aromatic heterocycles. The van der Waals surface area contributed by atoms with Gasteiger partial charge in [0, 0.05) is 12.0 Å². The number of nitrogens with one attached hydrogen (secondary N) is 1. The number of nitrogens with zero attached hydrogens (tertiary/aromatic N) is 1. The van der Waals surface area contributed by atoms with E-state index in [1.165, 1.54) is 12.1 Å². The minimum atomic E-state index is -4.85. The van der Waals surface area contributed by atoms with E-state index in [0.29, 0.717) is 23.3 Å². The van der Waals surface area contributed by atoms with Gasteiger partial charge < -0.3 is 4.98 Å². The highest BCUT2D eigenvalue weighted by Gasteiger charge is 2.39. The Morgan fingerprint density at radius 3 is 2.71 bits per heavy atom. The van der Waals surface area contributed by atoms with Gasteiger partial charge in [0.1, 0.15) is 5.82 Å². The summed E-state index contributed by atoms with van der Waals surface area (Å²) in [6.45, 7) is 1.87. The second-order valence-corrected chi connectivity index (χ2v) is 3.60. The molecule has 3 nitrogen and oxygen atoms in total. The van der Waals surface area contributed by atoms with Gasteiger partial charge in [-0.05, 0) is 18.2 Å². The number of imidazole rings is 1. The number of ketones is 1. The van der Waals surface area contributed by atoms with Gasteiger partial charge in [0.25, 0.3) is 5.78 Å². The van der Waals surface area contributed by atoms with Gasteiger partial charge in [-0.25, -0.2) is 4.98 Å². The number of aromatic amines is 1. The van der Waals surface area contributed by atoms with Crippen LogP contribution in [0.25, 0.3) is 11.0 Å². The van der Waals surface area contributed by atoms with Gasteiger partial charge in [0.05, 0.1) is 11.0 Å². The monoisotopic (exact) mass is 242 g/mol. The maximum absolute atomic E-state index is 12.2. The fourth-order valence-electron chi connectivity index (χ4n) is 1.53. The molecule has 2 rings (SSSR count). The Balaban J connectivity index is 2.47. The lowest BCUT2D eigenvalue weighted by atomic mass is 10.1. The highest BCUT2D eigenvalue weighted by molar-refractivity contribution is 6.02. The normalized spacial score (nSPS) is 12.0. The second kappa shape index (κ2) is 3.87. The first kappa shape index (κ1) is 11.6. The second-order valence-electron chi connectivity index (χ2n) is 3.60. The summed E-state index contributed by atoms with van der Waals surface area (Å²) in [5, 5.41) is 0. The van der Waals surface area contributed by atoms with Crippen LogP contribution in [-0.4, -0.2) is 21.9 Å². The van der Waals surface area contributed by atoms with Crippen molar-refractivity contribution < 1.29 is 18.0 Å². The van der Waals surface area contributed by atoms with Crippen LogP contribution in [-0.2, 0) is 6.42 Å². The molecule has 0 aliphatic heterocycles. The van der Waals surface area contributed by atoms with Gasteiger partial charge in [-0.15, -0.1) is 0 Å². The molecule has 2 aromatic rings. The zero-order chi connectivity index (χ0) is 12.6. The molecule has 1 N–H and O–H groups in total. The topological polar surface area (TPSA) is 45.8 Å². The van der Waals surface area contributed by atoms with Gasteiger partial charge in [0.15, 0.2) is 0 Å². The molecule has 0 saturated carbocycles. The maximum atomic E-state index is 12.2. The highest BCUT2D eigenvalue weighted by Crippen LogP contribution is 2.23. The Morgan fingerprint density at radius 1 is 1.41 bits per heavy atom. The summed E-state index contributed by atoms with van der Waals surface area (Å²) in [5.41, 5.74) is 0.619. The van der Waals surface area contributed by atoms with Crippen molar-refractivity contribution in [3.8, 4) is 0 Å². The molecule has 0 aliphatic rings. The van der Waals surface area contributed by atoms with Crippen molar-refractivity contribution in [2.45, 2.75) is 19.5 Å². The van der Waals surface area contributed by atoms with Crippen molar-refractivity contribution in [2.75, 3.05) is 0 Å². The highest BCUT2D eigenvalue weighted by atomic mass is 19.4. The molecule has 90 valence electrons. The molecule has 0 amide bonds. The van der Waals surface area contributed by atoms with Crippen molar-refractivity contribution in [3.63, 3.8) is 0 Å². The average molecular weight is 242 g/mol. The van der Waals surface area contributed by atoms with E-state index in [1.54, 1.807) is 0 Å². The fraction of sp³-hybridized carbons (Fsp3) is 0.273. The minimum absolute atomic E-state index is 0.378. The molecule has 0 fully saturated rings. The van der Waals surface area contributed by atoms with E-state index in [2.05, 4.69) is 9.97 Å². The van der Waals surface area contributed by atoms with Crippen molar-refractivity contribution in [1.82, 2.24) is 9.97 Å². The van der Waals surface area contributed by atoms with E-state index >= 15 is 0 Å². The van der Waals surface area contributed by atoms with E-state index in [-0.39, 0.29) is 5.56 Å². The fourth-order valence-corrected chi connectivity index (χ4v) is 1.53. The number of aromatic nitrogens is 2. The Bertz CT molecular complexity index is 572. The third kappa shape index (κ3) is 2.15. The van der Waals surface area contributed by atoms with E-state index in [9.17, 15) is 18.0 Å². The third-order valence-corrected chi connectivity index (χ3v) is 2.39. The molecule has 0 unspecified atom stereocenters. The van der Waals surface area contributed by atoms with Gasteiger partial charge in [0.2, 0.25) is 0 Å². The van der Waals surface area contributed by atoms with E-state index < -0.39 is 12.0 Å². The molecule has 6 heteroatoms. The average Bonchev–Trinajstić information content (AvgIpc) is 2.68. The summed E-state index contributed by atoms with van der Waals surface area (Å²) < 4.78 is 36.7. The first-order valence-corrected chi connectivity index (χ1v) is 5.02. The lowest BCUT2D eigenvalue weighted by molar-refractivity contribution is -0.0885. The molecule has 17 heavy (non-hydrogen) atoms. The molecule has 0 atom stereocenters. The molecule has 1 heterocycles. The number of hydrogen-bond donors (Lipinski definition) is 1. The summed E-state index contributed by atoms with van der Waals surface area (Å²) in [7, 11) is 0. The maximum Gasteiger partial charge on any atom is 0.454 e. The first-order valence-electron chi connectivity index (χ1n) is 5.02. The Labute approximate surface area is 94.7 Å². The summed E-state index contributed by atoms with van der Waals surface area (Å²) >= 11 is 0. The quantitative estimate of drug-likeness (QED) is 0.823. The van der Waals surface area contributed by atoms with Gasteiger partial charge >= 0.3 is 6.18 Å². The van der Waals surface area contributed by atoms with Crippen LogP contribution in [0, 0.1) is 0 Å². The number of carbonyl (C=O) groups excluding carboxylic acids is 1. The minimum Gasteiger partial charge on any atom is -0.342 e. The van der Waals surface area contributed by atoms with Crippen LogP contribution in [0.4, 0.5) is 13.2 Å². The third-order valence-electron chi connectivity index (χ3n) is 2.39. The van der Waals surface area contributed by atoms with Crippen LogP contribution >= 0.6 is 0 Å². The van der Waals surface area contributed by atoms with E-state index in [4.69, 9.17) is 0 Å². The lowest BCUT2D eigenvalue weighted by Crippen LogP contribution is -2.22. The summed E-state index contributed by atoms with van der Waals surface area (Å²) in [6, 6.07) is 3.72. The number of alkyl halides is 3. The predicted molar refractivity (Wildman–Crippen MR) is 55.9 cm³/mol. The van der Waals surface area contributed by atoms with Crippen LogP contribution in [0.2, 0.25) is 0 Å². The smallest absolute Gasteiger partial charge is 0.342 e. The van der Waals surface area contributed by atoms with Crippen LogP contribution in [0.15, 0.2) is 18.2 Å². The van der Waals surface area contributed by atoms with Crippen LogP contribution in [0.3, 0.4) is 0 Å². The van der Waals surface area contributed by atoms with Gasteiger partial charge in [-0.3, -0.25) is 4.79 Å². The van der Waals surface area contributed by atoms with Crippen molar-refractivity contribution in [3.05, 3.63) is 29.6 Å². The van der Waals surface area contributed by atoms with Crippen molar-refractivity contribution >= 4 is 16.8 Å². The van der Waals surface area contributed by atoms with Crippen LogP contribution in [0.1, 0.15) is 23.1 Å². The van der Waals surface area contributed by atoms with Gasteiger partial charge in [-0.2, -0.15) is 13.2 Å². The Hall–Kier alpha value is -1.85. The van der Waals surface area contributed by atoms with E-state index in [1.807, 2.05) is 6.92 Å². The predicted octanol–water partition coefficient (Wildman–Crippen LogP) is 2.87. The molecule has 0 saturated heterocycles. The number of aryl methyl sites for hydroxylation is 1. The lowest BCUT2D eigenvalue weighted by Gasteiger charge is -2.04. The number of rotatable bonds is 2.